The zero-order valence-electron chi connectivity index (χ0n) is 9.04. The Morgan fingerprint density at radius 3 is 2.41 bits per heavy atom. The largest absolute Gasteiger partial charge is 0.207 e. The van der Waals surface area contributed by atoms with Gasteiger partial charge in [0.2, 0.25) is 0 Å². The average molecular weight is 358 g/mol. The summed E-state index contributed by atoms with van der Waals surface area (Å²) in [6, 6.07) is 14.8. The third-order valence-corrected chi connectivity index (χ3v) is 3.88. The van der Waals surface area contributed by atoms with Crippen LogP contribution in [0.2, 0.25) is 0 Å². The van der Waals surface area contributed by atoms with E-state index in [0.29, 0.717) is 0 Å². The molecule has 0 heterocycles. The van der Waals surface area contributed by atoms with E-state index in [0.717, 1.165) is 16.5 Å². The molecule has 88 valence electrons. The standard InChI is InChI=1S/C14H11Br2F/c15-12-3-1-2-11(9-12)14(16)8-10-4-6-13(17)7-5-10/h1-7,9,14H,8H2. The van der Waals surface area contributed by atoms with E-state index in [2.05, 4.69) is 44.0 Å². The van der Waals surface area contributed by atoms with Crippen molar-refractivity contribution in [3.05, 3.63) is 69.9 Å². The van der Waals surface area contributed by atoms with Gasteiger partial charge in [0.25, 0.3) is 0 Å². The number of halogens is 3. The van der Waals surface area contributed by atoms with E-state index in [-0.39, 0.29) is 10.6 Å². The van der Waals surface area contributed by atoms with Gasteiger partial charge in [0.1, 0.15) is 5.82 Å². The molecule has 2 rings (SSSR count). The minimum atomic E-state index is -0.192. The molecule has 17 heavy (non-hydrogen) atoms. The van der Waals surface area contributed by atoms with Gasteiger partial charge in [0.05, 0.1) is 0 Å². The van der Waals surface area contributed by atoms with Crippen molar-refractivity contribution in [2.75, 3.05) is 0 Å². The summed E-state index contributed by atoms with van der Waals surface area (Å²) < 4.78 is 13.9. The monoisotopic (exact) mass is 356 g/mol. The number of hydrogen-bond donors (Lipinski definition) is 0. The van der Waals surface area contributed by atoms with Crippen LogP contribution in [-0.2, 0) is 6.42 Å². The minimum absolute atomic E-state index is 0.192. The molecular weight excluding hydrogens is 347 g/mol. The lowest BCUT2D eigenvalue weighted by Gasteiger charge is -2.10. The van der Waals surface area contributed by atoms with Crippen molar-refractivity contribution in [3.8, 4) is 0 Å². The Morgan fingerprint density at radius 1 is 1.06 bits per heavy atom. The zero-order valence-corrected chi connectivity index (χ0v) is 12.2. The Morgan fingerprint density at radius 2 is 1.76 bits per heavy atom. The molecule has 1 unspecified atom stereocenters. The molecule has 1 atom stereocenters. The summed E-state index contributed by atoms with van der Waals surface area (Å²) in [6.45, 7) is 0. The van der Waals surface area contributed by atoms with Crippen LogP contribution in [0, 0.1) is 5.82 Å². The van der Waals surface area contributed by atoms with Gasteiger partial charge in [0, 0.05) is 9.30 Å². The molecular formula is C14H11Br2F. The molecule has 3 heteroatoms. The van der Waals surface area contributed by atoms with Gasteiger partial charge >= 0.3 is 0 Å². The number of alkyl halides is 1. The van der Waals surface area contributed by atoms with Gasteiger partial charge < -0.3 is 0 Å². The number of rotatable bonds is 3. The van der Waals surface area contributed by atoms with Crippen molar-refractivity contribution in [1.82, 2.24) is 0 Å². The van der Waals surface area contributed by atoms with E-state index in [1.165, 1.54) is 17.7 Å². The Hall–Kier alpha value is -0.670. The lowest BCUT2D eigenvalue weighted by atomic mass is 10.0. The molecule has 0 aliphatic carbocycles. The lowest BCUT2D eigenvalue weighted by molar-refractivity contribution is 0.627. The first-order chi connectivity index (χ1) is 8.15. The van der Waals surface area contributed by atoms with Crippen molar-refractivity contribution in [3.63, 3.8) is 0 Å². The van der Waals surface area contributed by atoms with E-state index in [4.69, 9.17) is 0 Å². The van der Waals surface area contributed by atoms with Gasteiger partial charge in [-0.25, -0.2) is 4.39 Å². The van der Waals surface area contributed by atoms with Crippen molar-refractivity contribution in [2.24, 2.45) is 0 Å². The first-order valence-electron chi connectivity index (χ1n) is 5.29. The molecule has 0 fully saturated rings. The summed E-state index contributed by atoms with van der Waals surface area (Å²) in [5.74, 6) is -0.192. The van der Waals surface area contributed by atoms with E-state index < -0.39 is 0 Å². The Balaban J connectivity index is 2.11. The summed E-state index contributed by atoms with van der Waals surface area (Å²) in [7, 11) is 0. The minimum Gasteiger partial charge on any atom is -0.207 e. The highest BCUT2D eigenvalue weighted by molar-refractivity contribution is 9.10. The molecule has 0 saturated carbocycles. The van der Waals surface area contributed by atoms with E-state index in [9.17, 15) is 4.39 Å². The van der Waals surface area contributed by atoms with Crippen LogP contribution in [0.5, 0.6) is 0 Å². The second-order valence-electron chi connectivity index (χ2n) is 3.85. The molecule has 0 nitrogen and oxygen atoms in total. The van der Waals surface area contributed by atoms with Crippen LogP contribution < -0.4 is 0 Å². The molecule has 0 aliphatic heterocycles. The molecule has 0 N–H and O–H groups in total. The predicted molar refractivity (Wildman–Crippen MR) is 75.9 cm³/mol. The maximum atomic E-state index is 12.8. The lowest BCUT2D eigenvalue weighted by Crippen LogP contribution is -1.95. The fraction of sp³-hybridized carbons (Fsp3) is 0.143. The average Bonchev–Trinajstić information content (AvgIpc) is 2.32. The summed E-state index contributed by atoms with van der Waals surface area (Å²) in [6.07, 6.45) is 0.844. The topological polar surface area (TPSA) is 0 Å². The third-order valence-electron chi connectivity index (χ3n) is 2.54. The van der Waals surface area contributed by atoms with Crippen molar-refractivity contribution in [2.45, 2.75) is 11.2 Å². The summed E-state index contributed by atoms with van der Waals surface area (Å²) in [5.41, 5.74) is 2.33. The second-order valence-corrected chi connectivity index (χ2v) is 5.87. The van der Waals surface area contributed by atoms with Gasteiger partial charge in [-0.15, -0.1) is 0 Å². The Labute approximate surface area is 117 Å². The van der Waals surface area contributed by atoms with Crippen LogP contribution in [0.1, 0.15) is 16.0 Å². The zero-order chi connectivity index (χ0) is 12.3. The van der Waals surface area contributed by atoms with Crippen molar-refractivity contribution in [1.29, 1.82) is 0 Å². The highest BCUT2D eigenvalue weighted by Gasteiger charge is 2.08. The number of hydrogen-bond acceptors (Lipinski definition) is 0. The van der Waals surface area contributed by atoms with Crippen LogP contribution in [-0.4, -0.2) is 0 Å². The van der Waals surface area contributed by atoms with Gasteiger partial charge in [0.15, 0.2) is 0 Å². The second kappa shape index (κ2) is 5.78. The van der Waals surface area contributed by atoms with Gasteiger partial charge in [-0.3, -0.25) is 0 Å². The highest BCUT2D eigenvalue weighted by Crippen LogP contribution is 2.28. The molecule has 0 radical (unpaired) electrons. The highest BCUT2D eigenvalue weighted by atomic mass is 79.9. The molecule has 2 aromatic rings. The smallest absolute Gasteiger partial charge is 0.123 e. The molecule has 0 amide bonds. The molecule has 0 saturated heterocycles. The maximum Gasteiger partial charge on any atom is 0.123 e. The summed E-state index contributed by atoms with van der Waals surface area (Å²) in [4.78, 5) is 0.241. The van der Waals surface area contributed by atoms with Crippen LogP contribution in [0.25, 0.3) is 0 Å². The first kappa shape index (κ1) is 12.8. The Bertz CT molecular complexity index is 494. The van der Waals surface area contributed by atoms with E-state index >= 15 is 0 Å². The summed E-state index contributed by atoms with van der Waals surface area (Å²) in [5, 5.41) is 0. The third kappa shape index (κ3) is 3.65. The Kier molecular flexibility index (Phi) is 4.35. The van der Waals surface area contributed by atoms with Crippen molar-refractivity contribution >= 4 is 31.9 Å². The SMILES string of the molecule is Fc1ccc(CC(Br)c2cccc(Br)c2)cc1. The number of benzene rings is 2. The maximum absolute atomic E-state index is 12.8. The molecule has 2 aromatic carbocycles. The van der Waals surface area contributed by atoms with Crippen LogP contribution >= 0.6 is 31.9 Å². The molecule has 0 aromatic heterocycles. The van der Waals surface area contributed by atoms with Crippen molar-refractivity contribution < 1.29 is 4.39 Å². The summed E-state index contributed by atoms with van der Waals surface area (Å²) >= 11 is 7.12. The van der Waals surface area contributed by atoms with E-state index in [1.807, 2.05) is 24.3 Å². The fourth-order valence-corrected chi connectivity index (χ4v) is 2.72. The normalized spacial score (nSPS) is 12.4. The van der Waals surface area contributed by atoms with Crippen LogP contribution in [0.15, 0.2) is 53.0 Å². The molecule has 0 bridgehead atoms. The molecule has 0 spiro atoms. The van der Waals surface area contributed by atoms with E-state index in [1.54, 1.807) is 0 Å². The molecule has 0 aliphatic rings. The fourth-order valence-electron chi connectivity index (χ4n) is 1.65. The predicted octanol–water partition coefficient (Wildman–Crippen LogP) is 5.27. The first-order valence-corrected chi connectivity index (χ1v) is 7.00. The van der Waals surface area contributed by atoms with Crippen LogP contribution in [0.3, 0.4) is 0 Å². The van der Waals surface area contributed by atoms with Gasteiger partial charge in [-0.1, -0.05) is 56.1 Å². The quantitative estimate of drug-likeness (QED) is 0.656. The van der Waals surface area contributed by atoms with Gasteiger partial charge in [-0.2, -0.15) is 0 Å². The van der Waals surface area contributed by atoms with Crippen LogP contribution in [0.4, 0.5) is 4.39 Å². The van der Waals surface area contributed by atoms with Gasteiger partial charge in [-0.05, 0) is 41.8 Å².